The van der Waals surface area contributed by atoms with Gasteiger partial charge < -0.3 is 16.0 Å². The Kier molecular flexibility index (Phi) is 3.50. The third-order valence-electron chi connectivity index (χ3n) is 3.24. The molecule has 0 bridgehead atoms. The smallest absolute Gasteiger partial charge is 0.236 e. The molecule has 1 fully saturated rings. The van der Waals surface area contributed by atoms with Crippen LogP contribution in [0.2, 0.25) is 0 Å². The number of nitrogens with one attached hydrogen (secondary N) is 1. The number of hydrogen-bond acceptors (Lipinski definition) is 3. The van der Waals surface area contributed by atoms with Gasteiger partial charge in [0.2, 0.25) is 5.91 Å². The summed E-state index contributed by atoms with van der Waals surface area (Å²) in [6.07, 6.45) is 3.59. The van der Waals surface area contributed by atoms with Gasteiger partial charge >= 0.3 is 0 Å². The number of likely N-dealkylation sites (N-methyl/N-ethyl adjacent to an activating group) is 1. The summed E-state index contributed by atoms with van der Waals surface area (Å²) < 4.78 is 0. The summed E-state index contributed by atoms with van der Waals surface area (Å²) in [6.45, 7) is 2.43. The predicted molar refractivity (Wildman–Crippen MR) is 56.9 cm³/mol. The maximum absolute atomic E-state index is 11.3. The zero-order valence-electron chi connectivity index (χ0n) is 9.34. The van der Waals surface area contributed by atoms with Crippen molar-refractivity contribution >= 4 is 5.91 Å². The summed E-state index contributed by atoms with van der Waals surface area (Å²) in [4.78, 5) is 13.5. The Morgan fingerprint density at radius 2 is 2.14 bits per heavy atom. The highest BCUT2D eigenvalue weighted by Gasteiger charge is 2.39. The first-order chi connectivity index (χ1) is 6.48. The molecule has 1 rings (SSSR count). The molecule has 0 aliphatic heterocycles. The standard InChI is InChI=1S/C10H21N3O/c1-8(11)9(14)12-7-10(13(2)3)5-4-6-10/h8H,4-7,11H2,1-3H3,(H,12,14). The van der Waals surface area contributed by atoms with Gasteiger partial charge in [-0.25, -0.2) is 0 Å². The molecule has 1 amide bonds. The number of hydrogen-bond donors (Lipinski definition) is 2. The lowest BCUT2D eigenvalue weighted by Gasteiger charge is -2.47. The van der Waals surface area contributed by atoms with Crippen LogP contribution in [0.5, 0.6) is 0 Å². The SMILES string of the molecule is CC(N)C(=O)NCC1(N(C)C)CCC1. The van der Waals surface area contributed by atoms with Gasteiger partial charge in [-0.1, -0.05) is 0 Å². The number of rotatable bonds is 4. The minimum Gasteiger partial charge on any atom is -0.353 e. The van der Waals surface area contributed by atoms with Gasteiger partial charge in [0.25, 0.3) is 0 Å². The van der Waals surface area contributed by atoms with Gasteiger partial charge in [0, 0.05) is 12.1 Å². The van der Waals surface area contributed by atoms with Gasteiger partial charge in [0.05, 0.1) is 6.04 Å². The van der Waals surface area contributed by atoms with Crippen LogP contribution in [0, 0.1) is 0 Å². The molecule has 14 heavy (non-hydrogen) atoms. The fourth-order valence-corrected chi connectivity index (χ4v) is 1.78. The van der Waals surface area contributed by atoms with E-state index in [1.165, 1.54) is 19.3 Å². The van der Waals surface area contributed by atoms with Crippen molar-refractivity contribution in [1.29, 1.82) is 0 Å². The summed E-state index contributed by atoms with van der Waals surface area (Å²) in [7, 11) is 4.13. The molecule has 0 aromatic rings. The van der Waals surface area contributed by atoms with E-state index in [0.717, 1.165) is 6.54 Å². The highest BCUT2D eigenvalue weighted by molar-refractivity contribution is 5.81. The summed E-state index contributed by atoms with van der Waals surface area (Å²) in [5.74, 6) is -0.0573. The number of nitrogens with two attached hydrogens (primary N) is 1. The molecule has 3 N–H and O–H groups in total. The Hall–Kier alpha value is -0.610. The van der Waals surface area contributed by atoms with Crippen LogP contribution in [0.4, 0.5) is 0 Å². The van der Waals surface area contributed by atoms with Gasteiger partial charge in [-0.05, 0) is 40.3 Å². The average molecular weight is 199 g/mol. The molecule has 0 aromatic carbocycles. The maximum Gasteiger partial charge on any atom is 0.236 e. The van der Waals surface area contributed by atoms with E-state index in [-0.39, 0.29) is 11.4 Å². The lowest BCUT2D eigenvalue weighted by molar-refractivity contribution is -0.123. The zero-order chi connectivity index (χ0) is 10.8. The maximum atomic E-state index is 11.3. The quantitative estimate of drug-likeness (QED) is 0.666. The summed E-state index contributed by atoms with van der Waals surface area (Å²) in [5.41, 5.74) is 5.66. The second-order valence-electron chi connectivity index (χ2n) is 4.48. The molecule has 0 radical (unpaired) electrons. The molecule has 1 unspecified atom stereocenters. The molecule has 4 heteroatoms. The minimum absolute atomic E-state index is 0.0573. The van der Waals surface area contributed by atoms with Gasteiger partial charge in [0.15, 0.2) is 0 Å². The van der Waals surface area contributed by atoms with Gasteiger partial charge in [0.1, 0.15) is 0 Å². The first-order valence-corrected chi connectivity index (χ1v) is 5.19. The average Bonchev–Trinajstić information content (AvgIpc) is 2.00. The van der Waals surface area contributed by atoms with E-state index in [2.05, 4.69) is 24.3 Å². The molecular formula is C10H21N3O. The highest BCUT2D eigenvalue weighted by atomic mass is 16.2. The molecule has 0 heterocycles. The van der Waals surface area contributed by atoms with Crippen molar-refractivity contribution in [1.82, 2.24) is 10.2 Å². The van der Waals surface area contributed by atoms with Crippen LogP contribution in [0.25, 0.3) is 0 Å². The van der Waals surface area contributed by atoms with Crippen molar-refractivity contribution in [3.63, 3.8) is 0 Å². The van der Waals surface area contributed by atoms with Gasteiger partial charge in [-0.2, -0.15) is 0 Å². The number of carbonyl (C=O) groups excluding carboxylic acids is 1. The molecule has 1 aliphatic carbocycles. The number of amides is 1. The minimum atomic E-state index is -0.408. The van der Waals surface area contributed by atoms with E-state index in [1.54, 1.807) is 6.92 Å². The normalized spacial score (nSPS) is 21.5. The summed E-state index contributed by atoms with van der Waals surface area (Å²) in [6, 6.07) is -0.408. The summed E-state index contributed by atoms with van der Waals surface area (Å²) in [5, 5.41) is 2.90. The Balaban J connectivity index is 2.39. The largest absolute Gasteiger partial charge is 0.353 e. The first-order valence-electron chi connectivity index (χ1n) is 5.19. The van der Waals surface area contributed by atoms with Crippen LogP contribution in [-0.4, -0.2) is 43.0 Å². The molecule has 1 aliphatic rings. The third kappa shape index (κ3) is 2.25. The Bertz CT molecular complexity index is 209. The Morgan fingerprint density at radius 1 is 1.57 bits per heavy atom. The van der Waals surface area contributed by atoms with Gasteiger partial charge in [-0.3, -0.25) is 4.79 Å². The number of carbonyl (C=O) groups is 1. The van der Waals surface area contributed by atoms with Crippen LogP contribution in [0.1, 0.15) is 26.2 Å². The van der Waals surface area contributed by atoms with E-state index in [9.17, 15) is 4.79 Å². The van der Waals surface area contributed by atoms with E-state index < -0.39 is 6.04 Å². The van der Waals surface area contributed by atoms with Crippen molar-refractivity contribution in [3.05, 3.63) is 0 Å². The second-order valence-corrected chi connectivity index (χ2v) is 4.48. The third-order valence-corrected chi connectivity index (χ3v) is 3.24. The van der Waals surface area contributed by atoms with E-state index >= 15 is 0 Å². The van der Waals surface area contributed by atoms with Crippen molar-refractivity contribution < 1.29 is 4.79 Å². The van der Waals surface area contributed by atoms with E-state index in [1.807, 2.05) is 0 Å². The van der Waals surface area contributed by atoms with Crippen LogP contribution >= 0.6 is 0 Å². The summed E-state index contributed by atoms with van der Waals surface area (Å²) >= 11 is 0. The topological polar surface area (TPSA) is 58.4 Å². The highest BCUT2D eigenvalue weighted by Crippen LogP contribution is 2.35. The van der Waals surface area contributed by atoms with Crippen molar-refractivity contribution in [3.8, 4) is 0 Å². The fraction of sp³-hybridized carbons (Fsp3) is 0.900. The Labute approximate surface area is 85.8 Å². The van der Waals surface area contributed by atoms with Crippen molar-refractivity contribution in [2.45, 2.75) is 37.8 Å². The van der Waals surface area contributed by atoms with Gasteiger partial charge in [-0.15, -0.1) is 0 Å². The predicted octanol–water partition coefficient (Wildman–Crippen LogP) is -0.0659. The zero-order valence-corrected chi connectivity index (χ0v) is 9.34. The lowest BCUT2D eigenvalue weighted by atomic mass is 9.75. The van der Waals surface area contributed by atoms with Crippen molar-refractivity contribution in [2.75, 3.05) is 20.6 Å². The van der Waals surface area contributed by atoms with Crippen molar-refractivity contribution in [2.24, 2.45) is 5.73 Å². The van der Waals surface area contributed by atoms with Crippen LogP contribution in [0.15, 0.2) is 0 Å². The monoisotopic (exact) mass is 199 g/mol. The Morgan fingerprint density at radius 3 is 2.43 bits per heavy atom. The fourth-order valence-electron chi connectivity index (χ4n) is 1.78. The van der Waals surface area contributed by atoms with Crippen LogP contribution < -0.4 is 11.1 Å². The molecule has 0 spiro atoms. The lowest BCUT2D eigenvalue weighted by Crippen LogP contribution is -2.58. The molecule has 4 nitrogen and oxygen atoms in total. The molecule has 82 valence electrons. The molecular weight excluding hydrogens is 178 g/mol. The van der Waals surface area contributed by atoms with Crippen LogP contribution in [-0.2, 0) is 4.79 Å². The molecule has 0 saturated heterocycles. The first kappa shape index (κ1) is 11.5. The second kappa shape index (κ2) is 4.28. The van der Waals surface area contributed by atoms with E-state index in [4.69, 9.17) is 5.73 Å². The van der Waals surface area contributed by atoms with Crippen LogP contribution in [0.3, 0.4) is 0 Å². The molecule has 1 atom stereocenters. The van der Waals surface area contributed by atoms with E-state index in [0.29, 0.717) is 0 Å². The number of nitrogens with zero attached hydrogens (tertiary/aromatic N) is 1. The molecule has 1 saturated carbocycles. The molecule has 0 aromatic heterocycles.